The Hall–Kier alpha value is -2.12. The monoisotopic (exact) mass is 334 g/mol. The topological polar surface area (TPSA) is 101 Å². The van der Waals surface area contributed by atoms with Gasteiger partial charge in [-0.3, -0.25) is 10.1 Å². The Balaban J connectivity index is 1.99. The van der Waals surface area contributed by atoms with E-state index < -0.39 is 4.92 Å². The zero-order chi connectivity index (χ0) is 17.3. The fourth-order valence-corrected chi connectivity index (χ4v) is 3.92. The van der Waals surface area contributed by atoms with E-state index >= 15 is 0 Å². The van der Waals surface area contributed by atoms with Crippen molar-refractivity contribution in [2.75, 3.05) is 41.7 Å². The van der Waals surface area contributed by atoms with Crippen molar-refractivity contribution in [2.24, 2.45) is 11.8 Å². The molecule has 2 atom stereocenters. The average molecular weight is 334 g/mol. The van der Waals surface area contributed by atoms with Crippen molar-refractivity contribution in [3.63, 3.8) is 0 Å². The zero-order valence-electron chi connectivity index (χ0n) is 14.4. The second-order valence-corrected chi connectivity index (χ2v) is 7.24. The van der Waals surface area contributed by atoms with Crippen LogP contribution in [0.2, 0.25) is 0 Å². The number of nitrogen functional groups attached to an aromatic ring is 1. The first-order valence-corrected chi connectivity index (χ1v) is 8.77. The molecular formula is C16H26N6O2. The minimum absolute atomic E-state index is 0.0311. The van der Waals surface area contributed by atoms with Gasteiger partial charge in [0.1, 0.15) is 0 Å². The van der Waals surface area contributed by atoms with Crippen LogP contribution in [0.5, 0.6) is 0 Å². The molecule has 8 nitrogen and oxygen atoms in total. The molecular weight excluding hydrogens is 308 g/mol. The van der Waals surface area contributed by atoms with Crippen LogP contribution in [0.15, 0.2) is 0 Å². The molecule has 1 aromatic heterocycles. The molecule has 2 aliphatic heterocycles. The quantitative estimate of drug-likeness (QED) is 0.669. The molecule has 8 heteroatoms. The predicted octanol–water partition coefficient (Wildman–Crippen LogP) is 2.44. The van der Waals surface area contributed by atoms with Crippen molar-refractivity contribution in [3.8, 4) is 0 Å². The van der Waals surface area contributed by atoms with E-state index in [2.05, 4.69) is 28.7 Å². The van der Waals surface area contributed by atoms with Gasteiger partial charge < -0.3 is 15.5 Å². The highest BCUT2D eigenvalue weighted by Crippen LogP contribution is 2.35. The van der Waals surface area contributed by atoms with Gasteiger partial charge in [0.15, 0.2) is 0 Å². The van der Waals surface area contributed by atoms with Crippen LogP contribution in [0.1, 0.15) is 39.5 Å². The molecule has 1 aromatic rings. The fourth-order valence-electron chi connectivity index (χ4n) is 3.92. The van der Waals surface area contributed by atoms with E-state index in [1.165, 1.54) is 6.42 Å². The van der Waals surface area contributed by atoms with E-state index in [1.54, 1.807) is 0 Å². The highest BCUT2D eigenvalue weighted by Gasteiger charge is 2.31. The molecule has 0 spiro atoms. The number of piperidine rings is 2. The molecule has 2 saturated heterocycles. The SMILES string of the molecule is C[C@@H]1C[C@@H](C)CN(c2nc(N)c([N+](=O)[O-])c(N3CCCCC3)n2)C1. The molecule has 0 aliphatic carbocycles. The van der Waals surface area contributed by atoms with Gasteiger partial charge in [0, 0.05) is 26.2 Å². The van der Waals surface area contributed by atoms with Gasteiger partial charge in [0.05, 0.1) is 4.92 Å². The van der Waals surface area contributed by atoms with Gasteiger partial charge in [-0.2, -0.15) is 9.97 Å². The lowest BCUT2D eigenvalue weighted by molar-refractivity contribution is -0.383. The van der Waals surface area contributed by atoms with Crippen LogP contribution in [-0.2, 0) is 0 Å². The molecule has 0 aromatic carbocycles. The summed E-state index contributed by atoms with van der Waals surface area (Å²) in [5, 5.41) is 11.5. The number of aromatic nitrogens is 2. The van der Waals surface area contributed by atoms with Crippen LogP contribution in [0, 0.1) is 22.0 Å². The Morgan fingerprint density at radius 3 is 2.29 bits per heavy atom. The lowest BCUT2D eigenvalue weighted by Gasteiger charge is -2.35. The maximum Gasteiger partial charge on any atom is 0.353 e. The lowest BCUT2D eigenvalue weighted by atomic mass is 9.92. The third-order valence-electron chi connectivity index (χ3n) is 4.87. The maximum absolute atomic E-state index is 11.5. The minimum atomic E-state index is -0.454. The van der Waals surface area contributed by atoms with Gasteiger partial charge in [-0.25, -0.2) is 0 Å². The predicted molar refractivity (Wildman–Crippen MR) is 94.3 cm³/mol. The van der Waals surface area contributed by atoms with Crippen LogP contribution in [0.4, 0.5) is 23.3 Å². The third kappa shape index (κ3) is 3.37. The number of hydrogen-bond donors (Lipinski definition) is 1. The van der Waals surface area contributed by atoms with Gasteiger partial charge in [-0.05, 0) is 37.5 Å². The lowest BCUT2D eigenvalue weighted by Crippen LogP contribution is -2.40. The smallest absolute Gasteiger partial charge is 0.353 e. The first-order valence-electron chi connectivity index (χ1n) is 8.77. The largest absolute Gasteiger partial charge is 0.378 e. The highest BCUT2D eigenvalue weighted by molar-refractivity contribution is 5.71. The van der Waals surface area contributed by atoms with Crippen LogP contribution in [-0.4, -0.2) is 41.1 Å². The summed E-state index contributed by atoms with van der Waals surface area (Å²) >= 11 is 0. The van der Waals surface area contributed by atoms with Gasteiger partial charge in [-0.15, -0.1) is 0 Å². The Bertz CT molecular complexity index is 607. The number of nitro groups is 1. The molecule has 3 heterocycles. The summed E-state index contributed by atoms with van der Waals surface area (Å²) in [6, 6.07) is 0. The molecule has 0 bridgehead atoms. The van der Waals surface area contributed by atoms with Gasteiger partial charge >= 0.3 is 5.69 Å². The molecule has 2 N–H and O–H groups in total. The van der Waals surface area contributed by atoms with E-state index in [1.807, 2.05) is 4.90 Å². The first-order chi connectivity index (χ1) is 11.5. The summed E-state index contributed by atoms with van der Waals surface area (Å²) in [5.74, 6) is 1.97. The van der Waals surface area contributed by atoms with Gasteiger partial charge in [0.25, 0.3) is 0 Å². The second-order valence-electron chi connectivity index (χ2n) is 7.24. The van der Waals surface area contributed by atoms with Crippen LogP contribution < -0.4 is 15.5 Å². The number of anilines is 3. The summed E-state index contributed by atoms with van der Waals surface area (Å²) < 4.78 is 0. The third-order valence-corrected chi connectivity index (χ3v) is 4.87. The van der Waals surface area contributed by atoms with Crippen LogP contribution in [0.25, 0.3) is 0 Å². The Morgan fingerprint density at radius 2 is 1.71 bits per heavy atom. The average Bonchev–Trinajstić information content (AvgIpc) is 2.53. The van der Waals surface area contributed by atoms with E-state index in [-0.39, 0.29) is 11.5 Å². The second kappa shape index (κ2) is 6.78. The summed E-state index contributed by atoms with van der Waals surface area (Å²) in [7, 11) is 0. The van der Waals surface area contributed by atoms with Crippen molar-refractivity contribution < 1.29 is 4.92 Å². The molecule has 0 unspecified atom stereocenters. The molecule has 0 amide bonds. The number of hydrogen-bond acceptors (Lipinski definition) is 7. The zero-order valence-corrected chi connectivity index (χ0v) is 14.4. The fraction of sp³-hybridized carbons (Fsp3) is 0.750. The highest BCUT2D eigenvalue weighted by atomic mass is 16.6. The Labute approximate surface area is 142 Å². The van der Waals surface area contributed by atoms with E-state index in [9.17, 15) is 10.1 Å². The van der Waals surface area contributed by atoms with Crippen molar-refractivity contribution >= 4 is 23.3 Å². The normalized spacial score (nSPS) is 24.9. The molecule has 0 radical (unpaired) electrons. The van der Waals surface area contributed by atoms with E-state index in [4.69, 9.17) is 5.73 Å². The first kappa shape index (κ1) is 16.7. The van der Waals surface area contributed by atoms with Crippen molar-refractivity contribution in [2.45, 2.75) is 39.5 Å². The summed E-state index contributed by atoms with van der Waals surface area (Å²) in [6.07, 6.45) is 4.37. The molecule has 132 valence electrons. The summed E-state index contributed by atoms with van der Waals surface area (Å²) in [5.41, 5.74) is 5.81. The Morgan fingerprint density at radius 1 is 1.08 bits per heavy atom. The van der Waals surface area contributed by atoms with Crippen molar-refractivity contribution in [1.82, 2.24) is 9.97 Å². The van der Waals surface area contributed by atoms with Crippen LogP contribution >= 0.6 is 0 Å². The van der Waals surface area contributed by atoms with Gasteiger partial charge in [-0.1, -0.05) is 13.8 Å². The van der Waals surface area contributed by atoms with Crippen LogP contribution in [0.3, 0.4) is 0 Å². The molecule has 2 fully saturated rings. The number of nitrogens with two attached hydrogens (primary N) is 1. The standard InChI is InChI=1S/C16H26N6O2/c1-11-8-12(2)10-21(9-11)16-18-14(17)13(22(23)24)15(19-16)20-6-4-3-5-7-20/h11-12H,3-10H2,1-2H3,(H2,17,18,19)/t11-,12-/m1/s1. The molecule has 0 saturated carbocycles. The van der Waals surface area contributed by atoms with Gasteiger partial charge in [0.2, 0.25) is 17.6 Å². The van der Waals surface area contributed by atoms with E-state index in [0.717, 1.165) is 45.4 Å². The number of rotatable bonds is 3. The summed E-state index contributed by atoms with van der Waals surface area (Å²) in [4.78, 5) is 24.0. The molecule has 24 heavy (non-hydrogen) atoms. The molecule has 3 rings (SSSR count). The van der Waals surface area contributed by atoms with E-state index in [0.29, 0.717) is 23.6 Å². The minimum Gasteiger partial charge on any atom is -0.378 e. The van der Waals surface area contributed by atoms with Crippen molar-refractivity contribution in [3.05, 3.63) is 10.1 Å². The summed E-state index contributed by atoms with van der Waals surface area (Å²) in [6.45, 7) is 7.71. The molecule has 2 aliphatic rings. The number of nitrogens with zero attached hydrogens (tertiary/aromatic N) is 5. The Kier molecular flexibility index (Phi) is 4.73. The maximum atomic E-state index is 11.5. The van der Waals surface area contributed by atoms with Crippen molar-refractivity contribution in [1.29, 1.82) is 0 Å².